The maximum Gasteiger partial charge on any atom is 0.342 e. The van der Waals surface area contributed by atoms with Crippen LogP contribution in [0.4, 0.5) is 0 Å². The maximum absolute atomic E-state index is 13.6. The number of hydrogen-bond acceptors (Lipinski definition) is 10. The Hall–Kier alpha value is -4.86. The van der Waals surface area contributed by atoms with Crippen molar-refractivity contribution in [3.63, 3.8) is 0 Å². The molecule has 10 nitrogen and oxygen atoms in total. The minimum atomic E-state index is -0.746. The van der Waals surface area contributed by atoms with Crippen LogP contribution in [-0.2, 0) is 22.3 Å². The van der Waals surface area contributed by atoms with Crippen molar-refractivity contribution in [1.82, 2.24) is 0 Å². The highest BCUT2D eigenvalue weighted by Crippen LogP contribution is 2.50. The Bertz CT molecular complexity index is 2310. The molecule has 6 aromatic rings. The fourth-order valence-electron chi connectivity index (χ4n) is 7.23. The second kappa shape index (κ2) is 8.82. The predicted octanol–water partition coefficient (Wildman–Crippen LogP) is 5.80. The molecule has 4 aromatic carbocycles. The monoisotopic (exact) mass is 582 g/mol. The van der Waals surface area contributed by atoms with Gasteiger partial charge in [-0.3, -0.25) is 9.59 Å². The minimum absolute atomic E-state index is 0.122. The van der Waals surface area contributed by atoms with Gasteiger partial charge in [-0.1, -0.05) is 33.1 Å². The van der Waals surface area contributed by atoms with Gasteiger partial charge in [0.05, 0.1) is 10.8 Å². The Morgan fingerprint density at radius 2 is 1.12 bits per heavy atom. The van der Waals surface area contributed by atoms with Crippen LogP contribution < -0.4 is 10.9 Å². The Morgan fingerprint density at radius 3 is 1.56 bits per heavy atom. The lowest BCUT2D eigenvalue weighted by atomic mass is 9.86. The van der Waals surface area contributed by atoms with Crippen molar-refractivity contribution in [3.8, 4) is 11.5 Å². The zero-order chi connectivity index (χ0) is 29.9. The van der Waals surface area contributed by atoms with Crippen molar-refractivity contribution in [2.24, 2.45) is 0 Å². The molecule has 0 fully saturated rings. The van der Waals surface area contributed by atoms with E-state index in [1.54, 1.807) is 0 Å². The predicted molar refractivity (Wildman–Crippen MR) is 157 cm³/mol. The number of cyclic esters (lactones) is 2. The summed E-state index contributed by atoms with van der Waals surface area (Å²) in [6.07, 6.45) is 3.30. The van der Waals surface area contributed by atoms with E-state index in [9.17, 15) is 29.4 Å². The van der Waals surface area contributed by atoms with Crippen molar-refractivity contribution in [2.45, 2.75) is 71.0 Å². The second-order valence-electron chi connectivity index (χ2n) is 11.7. The van der Waals surface area contributed by atoms with Crippen molar-refractivity contribution >= 4 is 66.6 Å². The third-order valence-corrected chi connectivity index (χ3v) is 9.05. The zero-order valence-electron chi connectivity index (χ0n) is 23.4. The van der Waals surface area contributed by atoms with Crippen LogP contribution in [0.3, 0.4) is 0 Å². The van der Waals surface area contributed by atoms with Gasteiger partial charge in [0.25, 0.3) is 0 Å². The number of esters is 2. The molecule has 0 saturated carbocycles. The van der Waals surface area contributed by atoms with Crippen LogP contribution in [0.5, 0.6) is 11.5 Å². The summed E-state index contributed by atoms with van der Waals surface area (Å²) in [4.78, 5) is 53.4. The van der Waals surface area contributed by atoms with E-state index < -0.39 is 46.5 Å². The van der Waals surface area contributed by atoms with Gasteiger partial charge in [0.1, 0.15) is 57.2 Å². The summed E-state index contributed by atoms with van der Waals surface area (Å²) in [6.45, 7) is 4.00. The second-order valence-corrected chi connectivity index (χ2v) is 11.7. The number of rotatable bonds is 5. The molecule has 0 bridgehead atoms. The van der Waals surface area contributed by atoms with Crippen LogP contribution >= 0.6 is 0 Å². The van der Waals surface area contributed by atoms with Crippen molar-refractivity contribution in [1.29, 1.82) is 0 Å². The third kappa shape index (κ3) is 3.29. The zero-order valence-corrected chi connectivity index (χ0v) is 23.4. The van der Waals surface area contributed by atoms with E-state index in [0.29, 0.717) is 34.7 Å². The lowest BCUT2D eigenvalue weighted by molar-refractivity contribution is 0.0221. The van der Waals surface area contributed by atoms with Crippen LogP contribution in [-0.4, -0.2) is 34.4 Å². The number of fused-ring (bicyclic) bond motifs is 4. The smallest absolute Gasteiger partial charge is 0.342 e. The van der Waals surface area contributed by atoms with Crippen LogP contribution in [0, 0.1) is 0 Å². The largest absolute Gasteiger partial charge is 0.506 e. The number of benzene rings is 4. The summed E-state index contributed by atoms with van der Waals surface area (Å²) in [5.74, 6) is -2.47. The highest BCUT2D eigenvalue weighted by molar-refractivity contribution is 6.34. The minimum Gasteiger partial charge on any atom is -0.506 e. The van der Waals surface area contributed by atoms with Gasteiger partial charge in [0.2, 0.25) is 0 Å². The maximum atomic E-state index is 13.6. The van der Waals surface area contributed by atoms with E-state index in [1.165, 1.54) is 12.1 Å². The number of phenolic OH excluding ortho intramolecular Hbond substituents is 2. The molecule has 2 aliphatic heterocycles. The molecule has 43 heavy (non-hydrogen) atoms. The number of hydrogen-bond donors (Lipinski definition) is 2. The fourth-order valence-corrected chi connectivity index (χ4v) is 7.23. The van der Waals surface area contributed by atoms with Crippen LogP contribution in [0.1, 0.15) is 77.8 Å². The standard InChI is InChI=1S/C33H26O10/c1-3-5-7-13-9-15-21(33(39)41-13)29(37)23-17(35)10-18-25-24-19(43-31(15)27(23)25)11-16(34)22-26(24)30(42-18)14-8-12(6-4-2)40-32(38)20(14)28(22)36/h10-13,36-37H,3-9H2,1-2H3. The van der Waals surface area contributed by atoms with E-state index in [4.69, 9.17) is 18.3 Å². The number of carbonyl (C=O) groups excluding carboxylic acids is 2. The molecule has 2 atom stereocenters. The molecule has 4 heterocycles. The Balaban J connectivity index is 1.56. The molecule has 0 amide bonds. The quantitative estimate of drug-likeness (QED) is 0.145. The van der Waals surface area contributed by atoms with Crippen molar-refractivity contribution < 1.29 is 38.1 Å². The lowest BCUT2D eigenvalue weighted by Gasteiger charge is -2.28. The molecule has 0 saturated heterocycles. The highest BCUT2D eigenvalue weighted by Gasteiger charge is 2.38. The highest BCUT2D eigenvalue weighted by atomic mass is 16.5. The van der Waals surface area contributed by atoms with Crippen LogP contribution in [0.25, 0.3) is 54.6 Å². The molecule has 2 N–H and O–H groups in total. The van der Waals surface area contributed by atoms with E-state index in [-0.39, 0.29) is 67.8 Å². The Morgan fingerprint density at radius 1 is 0.651 bits per heavy atom. The third-order valence-electron chi connectivity index (χ3n) is 9.05. The molecule has 0 radical (unpaired) electrons. The number of aromatic hydroxyl groups is 2. The van der Waals surface area contributed by atoms with E-state index in [1.807, 2.05) is 13.8 Å². The van der Waals surface area contributed by atoms with E-state index in [0.717, 1.165) is 19.3 Å². The van der Waals surface area contributed by atoms with Gasteiger partial charge in [-0.05, 0) is 12.8 Å². The summed E-state index contributed by atoms with van der Waals surface area (Å²) in [7, 11) is 0. The van der Waals surface area contributed by atoms with Crippen molar-refractivity contribution in [2.75, 3.05) is 0 Å². The fraction of sp³-hybridized carbons (Fsp3) is 0.333. The molecule has 0 spiro atoms. The molecule has 8 rings (SSSR count). The molecule has 10 heteroatoms. The van der Waals surface area contributed by atoms with Gasteiger partial charge < -0.3 is 28.5 Å². The van der Waals surface area contributed by atoms with Crippen molar-refractivity contribution in [3.05, 3.63) is 54.8 Å². The van der Waals surface area contributed by atoms with E-state index >= 15 is 0 Å². The van der Waals surface area contributed by atoms with Gasteiger partial charge in [-0.15, -0.1) is 0 Å². The van der Waals surface area contributed by atoms with Gasteiger partial charge in [-0.25, -0.2) is 9.59 Å². The molecular formula is C33H26O10. The summed E-state index contributed by atoms with van der Waals surface area (Å²) in [5, 5.41) is 23.8. The number of unbranched alkanes of at least 4 members (excludes halogenated alkanes) is 1. The Labute approximate surface area is 242 Å². The van der Waals surface area contributed by atoms with Crippen LogP contribution in [0.15, 0.2) is 30.6 Å². The number of phenols is 2. The first kappa shape index (κ1) is 25.8. The van der Waals surface area contributed by atoms with Gasteiger partial charge >= 0.3 is 11.9 Å². The first-order valence-corrected chi connectivity index (χ1v) is 14.6. The topological polar surface area (TPSA) is 153 Å². The van der Waals surface area contributed by atoms with Gasteiger partial charge in [0.15, 0.2) is 10.9 Å². The summed E-state index contributed by atoms with van der Waals surface area (Å²) >= 11 is 0. The normalized spacial score (nSPS) is 18.7. The number of ether oxygens (including phenoxy) is 2. The first-order chi connectivity index (χ1) is 20.7. The molecule has 0 aliphatic carbocycles. The molecule has 2 aromatic heterocycles. The Kier molecular flexibility index (Phi) is 5.30. The summed E-state index contributed by atoms with van der Waals surface area (Å²) in [5.41, 5.74) is 0.0652. The average Bonchev–Trinajstić information content (AvgIpc) is 2.96. The molecule has 218 valence electrons. The lowest BCUT2D eigenvalue weighted by Crippen LogP contribution is -2.28. The SMILES string of the molecule is CCCCC1Cc2c(c(O)c3c(=O)cc4oc5c6c(c(O)c7c(=O)cc8oc2c3c4c8c57)C(=O)OC(CCC)C6)C(=O)O1. The molecular weight excluding hydrogens is 556 g/mol. The summed E-state index contributed by atoms with van der Waals surface area (Å²) in [6, 6.07) is 2.45. The molecule has 2 unspecified atom stereocenters. The van der Waals surface area contributed by atoms with E-state index in [2.05, 4.69) is 0 Å². The molecule has 2 aliphatic rings. The summed E-state index contributed by atoms with van der Waals surface area (Å²) < 4.78 is 24.0. The first-order valence-electron chi connectivity index (χ1n) is 14.6. The van der Waals surface area contributed by atoms with Gasteiger partial charge in [0, 0.05) is 57.6 Å². The number of carbonyl (C=O) groups is 2. The van der Waals surface area contributed by atoms with Crippen LogP contribution in [0.2, 0.25) is 0 Å². The average molecular weight is 583 g/mol. The van der Waals surface area contributed by atoms with Gasteiger partial charge in [-0.2, -0.15) is 0 Å².